The van der Waals surface area contributed by atoms with Crippen molar-refractivity contribution in [1.29, 1.82) is 0 Å². The summed E-state index contributed by atoms with van der Waals surface area (Å²) in [6, 6.07) is 5.54. The summed E-state index contributed by atoms with van der Waals surface area (Å²) < 4.78 is 28.1. The smallest absolute Gasteiger partial charge is 0.207 e. The predicted octanol–water partition coefficient (Wildman–Crippen LogP) is 3.96. The summed E-state index contributed by atoms with van der Waals surface area (Å²) in [6.45, 7) is 4.00. The van der Waals surface area contributed by atoms with Crippen molar-refractivity contribution >= 4 is 26.0 Å². The van der Waals surface area contributed by atoms with Crippen LogP contribution in [-0.4, -0.2) is 25.8 Å². The first kappa shape index (κ1) is 16.0. The van der Waals surface area contributed by atoms with Crippen LogP contribution >= 0.6 is 15.9 Å². The van der Waals surface area contributed by atoms with Gasteiger partial charge < -0.3 is 0 Å². The molecule has 0 radical (unpaired) electrons. The summed E-state index contributed by atoms with van der Waals surface area (Å²) in [5, 5.41) is 0. The van der Waals surface area contributed by atoms with Crippen molar-refractivity contribution in [3.63, 3.8) is 0 Å². The molecule has 0 aliphatic heterocycles. The largest absolute Gasteiger partial charge is 0.243 e. The van der Waals surface area contributed by atoms with Gasteiger partial charge in [0.05, 0.1) is 4.90 Å². The lowest BCUT2D eigenvalue weighted by Gasteiger charge is -2.35. The number of nitrogens with zero attached hydrogens (tertiary/aromatic N) is 1. The summed E-state index contributed by atoms with van der Waals surface area (Å²) >= 11 is 3.36. The third kappa shape index (κ3) is 3.10. The van der Waals surface area contributed by atoms with E-state index in [1.165, 1.54) is 6.42 Å². The lowest BCUT2D eigenvalue weighted by atomic mass is 9.86. The highest BCUT2D eigenvalue weighted by molar-refractivity contribution is 9.10. The average molecular weight is 360 g/mol. The Morgan fingerprint density at radius 3 is 2.55 bits per heavy atom. The molecule has 1 aromatic carbocycles. The van der Waals surface area contributed by atoms with E-state index in [1.807, 2.05) is 19.1 Å². The van der Waals surface area contributed by atoms with E-state index in [0.29, 0.717) is 10.8 Å². The lowest BCUT2D eigenvalue weighted by molar-refractivity contribution is 0.213. The van der Waals surface area contributed by atoms with Gasteiger partial charge >= 0.3 is 0 Å². The normalized spacial score (nSPS) is 24.1. The van der Waals surface area contributed by atoms with Crippen molar-refractivity contribution in [1.82, 2.24) is 4.31 Å². The Morgan fingerprint density at radius 1 is 1.25 bits per heavy atom. The van der Waals surface area contributed by atoms with Crippen LogP contribution < -0.4 is 0 Å². The molecule has 0 bridgehead atoms. The quantitative estimate of drug-likeness (QED) is 0.818. The van der Waals surface area contributed by atoms with Gasteiger partial charge in [0, 0.05) is 17.6 Å². The fourth-order valence-corrected chi connectivity index (χ4v) is 5.27. The van der Waals surface area contributed by atoms with Crippen LogP contribution in [0.3, 0.4) is 0 Å². The second kappa shape index (κ2) is 6.16. The average Bonchev–Trinajstić information content (AvgIpc) is 2.41. The van der Waals surface area contributed by atoms with Gasteiger partial charge in [-0.15, -0.1) is 0 Å². The Labute approximate surface area is 130 Å². The maximum absolute atomic E-state index is 12.9. The molecule has 0 N–H and O–H groups in total. The summed E-state index contributed by atoms with van der Waals surface area (Å²) in [5.41, 5.74) is 0.795. The number of hydrogen-bond donors (Lipinski definition) is 0. The highest BCUT2D eigenvalue weighted by atomic mass is 79.9. The number of rotatable bonds is 3. The summed E-state index contributed by atoms with van der Waals surface area (Å²) in [7, 11) is -1.70. The van der Waals surface area contributed by atoms with Crippen LogP contribution in [-0.2, 0) is 10.0 Å². The van der Waals surface area contributed by atoms with Crippen LogP contribution in [0, 0.1) is 12.8 Å². The molecule has 0 amide bonds. The fraction of sp³-hybridized carbons (Fsp3) is 0.600. The van der Waals surface area contributed by atoms with Gasteiger partial charge in [-0.2, -0.15) is 4.31 Å². The molecular formula is C15H22BrNO2S. The van der Waals surface area contributed by atoms with E-state index >= 15 is 0 Å². The van der Waals surface area contributed by atoms with Crippen molar-refractivity contribution in [2.75, 3.05) is 7.05 Å². The van der Waals surface area contributed by atoms with Gasteiger partial charge in [-0.1, -0.05) is 41.8 Å². The molecule has 1 fully saturated rings. The summed E-state index contributed by atoms with van der Waals surface area (Å²) in [4.78, 5) is 0.409. The van der Waals surface area contributed by atoms with Crippen LogP contribution in [0.4, 0.5) is 0 Å². The highest BCUT2D eigenvalue weighted by Crippen LogP contribution is 2.32. The third-order valence-electron chi connectivity index (χ3n) is 4.34. The third-order valence-corrected chi connectivity index (χ3v) is 6.86. The van der Waals surface area contributed by atoms with E-state index in [4.69, 9.17) is 0 Å². The molecule has 1 saturated carbocycles. The molecule has 20 heavy (non-hydrogen) atoms. The first-order valence-corrected chi connectivity index (χ1v) is 9.31. The minimum Gasteiger partial charge on any atom is -0.207 e. The molecule has 2 rings (SSSR count). The van der Waals surface area contributed by atoms with E-state index in [1.54, 1.807) is 17.4 Å². The zero-order valence-electron chi connectivity index (χ0n) is 12.3. The monoisotopic (exact) mass is 359 g/mol. The molecule has 1 aromatic rings. The number of halogens is 1. The van der Waals surface area contributed by atoms with Gasteiger partial charge in [-0.25, -0.2) is 8.42 Å². The van der Waals surface area contributed by atoms with E-state index in [-0.39, 0.29) is 6.04 Å². The van der Waals surface area contributed by atoms with Crippen molar-refractivity contribution < 1.29 is 8.42 Å². The van der Waals surface area contributed by atoms with Crippen LogP contribution in [0.1, 0.15) is 38.2 Å². The Kier molecular flexibility index (Phi) is 4.92. The number of aryl methyl sites for hydroxylation is 1. The van der Waals surface area contributed by atoms with Crippen LogP contribution in [0.5, 0.6) is 0 Å². The van der Waals surface area contributed by atoms with E-state index in [0.717, 1.165) is 29.3 Å². The summed E-state index contributed by atoms with van der Waals surface area (Å²) in [5.74, 6) is 0.427. The topological polar surface area (TPSA) is 37.4 Å². The zero-order chi connectivity index (χ0) is 14.9. The zero-order valence-corrected chi connectivity index (χ0v) is 14.7. The van der Waals surface area contributed by atoms with Gasteiger partial charge in [-0.3, -0.25) is 0 Å². The van der Waals surface area contributed by atoms with Crippen LogP contribution in [0.25, 0.3) is 0 Å². The Hall–Kier alpha value is -0.390. The molecule has 0 heterocycles. The van der Waals surface area contributed by atoms with Crippen LogP contribution in [0.2, 0.25) is 0 Å². The standard InChI is InChI=1S/C15H22BrNO2S/c1-11-6-4-5-7-14(11)17(3)20(18,19)15-10-13(16)9-8-12(15)2/h8-11,14H,4-7H2,1-3H3. The van der Waals surface area contributed by atoms with Crippen molar-refractivity contribution in [3.05, 3.63) is 28.2 Å². The minimum absolute atomic E-state index is 0.118. The Morgan fingerprint density at radius 2 is 1.90 bits per heavy atom. The molecule has 1 aliphatic rings. The van der Waals surface area contributed by atoms with E-state index in [9.17, 15) is 8.42 Å². The molecule has 2 atom stereocenters. The molecule has 5 heteroatoms. The molecule has 2 unspecified atom stereocenters. The predicted molar refractivity (Wildman–Crippen MR) is 85.2 cm³/mol. The molecule has 112 valence electrons. The first-order valence-electron chi connectivity index (χ1n) is 7.08. The van der Waals surface area contributed by atoms with Crippen molar-refractivity contribution in [2.24, 2.45) is 5.92 Å². The van der Waals surface area contributed by atoms with Crippen molar-refractivity contribution in [3.8, 4) is 0 Å². The second-order valence-electron chi connectivity index (χ2n) is 5.76. The van der Waals surface area contributed by atoms with Gasteiger partial charge in [0.15, 0.2) is 0 Å². The van der Waals surface area contributed by atoms with Crippen LogP contribution in [0.15, 0.2) is 27.6 Å². The number of sulfonamides is 1. The van der Waals surface area contributed by atoms with E-state index < -0.39 is 10.0 Å². The summed E-state index contributed by atoms with van der Waals surface area (Å²) in [6.07, 6.45) is 4.40. The highest BCUT2D eigenvalue weighted by Gasteiger charge is 2.33. The molecule has 0 spiro atoms. The molecule has 1 aliphatic carbocycles. The Bertz CT molecular complexity index is 586. The lowest BCUT2D eigenvalue weighted by Crippen LogP contribution is -2.42. The maximum atomic E-state index is 12.9. The van der Waals surface area contributed by atoms with Gasteiger partial charge in [0.25, 0.3) is 0 Å². The molecule has 0 aromatic heterocycles. The molecular weight excluding hydrogens is 338 g/mol. The molecule has 3 nitrogen and oxygen atoms in total. The number of benzene rings is 1. The SMILES string of the molecule is Cc1ccc(Br)cc1S(=O)(=O)N(C)C1CCCCC1C. The minimum atomic E-state index is -3.42. The first-order chi connectivity index (χ1) is 9.34. The maximum Gasteiger partial charge on any atom is 0.243 e. The fourth-order valence-electron chi connectivity index (χ4n) is 3.02. The number of hydrogen-bond acceptors (Lipinski definition) is 2. The van der Waals surface area contributed by atoms with E-state index in [2.05, 4.69) is 22.9 Å². The second-order valence-corrected chi connectivity index (χ2v) is 8.64. The van der Waals surface area contributed by atoms with Gasteiger partial charge in [0.2, 0.25) is 10.0 Å². The van der Waals surface area contributed by atoms with Crippen molar-refractivity contribution in [2.45, 2.75) is 50.5 Å². The Balaban J connectivity index is 2.36. The van der Waals surface area contributed by atoms with Gasteiger partial charge in [0.1, 0.15) is 0 Å². The van der Waals surface area contributed by atoms with Gasteiger partial charge in [-0.05, 0) is 43.4 Å². The molecule has 0 saturated heterocycles.